The van der Waals surface area contributed by atoms with Gasteiger partial charge in [-0.1, -0.05) is 48.6 Å². The van der Waals surface area contributed by atoms with Crippen molar-refractivity contribution in [1.82, 2.24) is 0 Å². The second kappa shape index (κ2) is 5.72. The van der Waals surface area contributed by atoms with Crippen molar-refractivity contribution >= 4 is 0 Å². The van der Waals surface area contributed by atoms with E-state index in [0.717, 1.165) is 19.3 Å². The van der Waals surface area contributed by atoms with Crippen molar-refractivity contribution in [2.75, 3.05) is 0 Å². The molecule has 0 fully saturated rings. The fourth-order valence-electron chi connectivity index (χ4n) is 0.935. The zero-order valence-electron chi connectivity index (χ0n) is 6.74. The SMILES string of the molecule is C1=CCC=C1.C1=CCC=CC1. The number of allylic oxidation sites excluding steroid dienone is 8. The average Bonchev–Trinajstić information content (AvgIpc) is 2.64. The van der Waals surface area contributed by atoms with Gasteiger partial charge in [0.1, 0.15) is 0 Å². The molecule has 2 rings (SSSR count). The molecule has 0 aliphatic heterocycles. The van der Waals surface area contributed by atoms with E-state index in [1.54, 1.807) is 0 Å². The van der Waals surface area contributed by atoms with Gasteiger partial charge in [-0.25, -0.2) is 0 Å². The van der Waals surface area contributed by atoms with E-state index in [0.29, 0.717) is 0 Å². The van der Waals surface area contributed by atoms with Gasteiger partial charge < -0.3 is 0 Å². The maximum atomic E-state index is 2.18. The van der Waals surface area contributed by atoms with Crippen LogP contribution in [0.4, 0.5) is 0 Å². The standard InChI is InChI=1S/C6H8.C5H6/c1-2-4-6-5-3-1;1-2-4-5-3-1/h1-2,5-6H,3-4H2;1-4H,5H2. The van der Waals surface area contributed by atoms with Crippen molar-refractivity contribution < 1.29 is 0 Å². The second-order valence-electron chi connectivity index (χ2n) is 2.51. The minimum atomic E-state index is 1.14. The fraction of sp³-hybridized carbons (Fsp3) is 0.273. The maximum absolute atomic E-state index is 2.18. The van der Waals surface area contributed by atoms with Gasteiger partial charge in [0.2, 0.25) is 0 Å². The Morgan fingerprint density at radius 1 is 0.455 bits per heavy atom. The second-order valence-corrected chi connectivity index (χ2v) is 2.51. The first-order valence-electron chi connectivity index (χ1n) is 4.12. The van der Waals surface area contributed by atoms with Gasteiger partial charge in [-0.3, -0.25) is 0 Å². The summed E-state index contributed by atoms with van der Waals surface area (Å²) in [4.78, 5) is 0. The van der Waals surface area contributed by atoms with Crippen LogP contribution >= 0.6 is 0 Å². The fourth-order valence-corrected chi connectivity index (χ4v) is 0.935. The maximum Gasteiger partial charge on any atom is -0.0163 e. The van der Waals surface area contributed by atoms with Crippen LogP contribution < -0.4 is 0 Å². The smallest absolute Gasteiger partial charge is 0.0163 e. The van der Waals surface area contributed by atoms with Crippen molar-refractivity contribution in [3.63, 3.8) is 0 Å². The van der Waals surface area contributed by atoms with Crippen molar-refractivity contribution in [3.8, 4) is 0 Å². The van der Waals surface area contributed by atoms with Crippen molar-refractivity contribution in [3.05, 3.63) is 48.6 Å². The summed E-state index contributed by atoms with van der Waals surface area (Å²) >= 11 is 0. The molecule has 0 bridgehead atoms. The molecular weight excluding hydrogens is 132 g/mol. The molecule has 0 saturated heterocycles. The van der Waals surface area contributed by atoms with E-state index in [1.807, 2.05) is 0 Å². The summed E-state index contributed by atoms with van der Waals surface area (Å²) < 4.78 is 0. The molecule has 0 nitrogen and oxygen atoms in total. The zero-order chi connectivity index (χ0) is 7.78. The van der Waals surface area contributed by atoms with Crippen molar-refractivity contribution in [1.29, 1.82) is 0 Å². The lowest BCUT2D eigenvalue weighted by Gasteiger charge is -1.87. The summed E-state index contributed by atoms with van der Waals surface area (Å²) in [7, 11) is 0. The van der Waals surface area contributed by atoms with Crippen LogP contribution in [-0.2, 0) is 0 Å². The molecule has 0 saturated carbocycles. The van der Waals surface area contributed by atoms with Gasteiger partial charge in [0.05, 0.1) is 0 Å². The molecule has 2 aliphatic rings. The minimum Gasteiger partial charge on any atom is -0.0844 e. The summed E-state index contributed by atoms with van der Waals surface area (Å²) in [6, 6.07) is 0. The Kier molecular flexibility index (Phi) is 4.19. The molecule has 0 aromatic heterocycles. The minimum absolute atomic E-state index is 1.14. The lowest BCUT2D eigenvalue weighted by atomic mass is 10.2. The molecule has 0 heteroatoms. The Morgan fingerprint density at radius 2 is 0.818 bits per heavy atom. The molecule has 2 aliphatic carbocycles. The topological polar surface area (TPSA) is 0 Å². The molecule has 0 spiro atoms. The molecule has 58 valence electrons. The van der Waals surface area contributed by atoms with E-state index in [2.05, 4.69) is 48.6 Å². The van der Waals surface area contributed by atoms with Gasteiger partial charge in [0.25, 0.3) is 0 Å². The predicted molar refractivity (Wildman–Crippen MR) is 50.4 cm³/mol. The highest BCUT2D eigenvalue weighted by molar-refractivity contribution is 5.12. The normalized spacial score (nSPS) is 18.2. The first-order valence-corrected chi connectivity index (χ1v) is 4.12. The molecule has 0 atom stereocenters. The van der Waals surface area contributed by atoms with Crippen molar-refractivity contribution in [2.45, 2.75) is 19.3 Å². The van der Waals surface area contributed by atoms with E-state index < -0.39 is 0 Å². The summed E-state index contributed by atoms with van der Waals surface area (Å²) in [6.45, 7) is 0. The Bertz CT molecular complexity index is 162. The van der Waals surface area contributed by atoms with Crippen LogP contribution in [0.3, 0.4) is 0 Å². The molecule has 11 heavy (non-hydrogen) atoms. The van der Waals surface area contributed by atoms with Crippen LogP contribution in [0, 0.1) is 0 Å². The molecule has 0 aromatic rings. The van der Waals surface area contributed by atoms with Crippen molar-refractivity contribution in [2.24, 2.45) is 0 Å². The van der Waals surface area contributed by atoms with Gasteiger partial charge in [0, 0.05) is 0 Å². The Balaban J connectivity index is 0.000000112. The third-order valence-corrected chi connectivity index (χ3v) is 1.53. The van der Waals surface area contributed by atoms with Gasteiger partial charge in [-0.15, -0.1) is 0 Å². The van der Waals surface area contributed by atoms with E-state index in [9.17, 15) is 0 Å². The van der Waals surface area contributed by atoms with Gasteiger partial charge in [0.15, 0.2) is 0 Å². The molecule has 0 radical (unpaired) electrons. The van der Waals surface area contributed by atoms with Crippen LogP contribution in [0.15, 0.2) is 48.6 Å². The Hall–Kier alpha value is -1.04. The Labute approximate surface area is 68.6 Å². The highest BCUT2D eigenvalue weighted by atomic mass is 13.8. The van der Waals surface area contributed by atoms with E-state index >= 15 is 0 Å². The average molecular weight is 146 g/mol. The third kappa shape index (κ3) is 4.38. The summed E-state index contributed by atoms with van der Waals surface area (Å²) in [5.74, 6) is 0. The largest absolute Gasteiger partial charge is 0.0844 e. The summed E-state index contributed by atoms with van der Waals surface area (Å²) in [5, 5.41) is 0. The van der Waals surface area contributed by atoms with E-state index in [-0.39, 0.29) is 0 Å². The molecular formula is C11H14. The number of hydrogen-bond acceptors (Lipinski definition) is 0. The lowest BCUT2D eigenvalue weighted by molar-refractivity contribution is 1.23. The number of rotatable bonds is 0. The molecule has 0 N–H and O–H groups in total. The predicted octanol–water partition coefficient (Wildman–Crippen LogP) is 3.40. The molecule has 0 amide bonds. The van der Waals surface area contributed by atoms with E-state index in [1.165, 1.54) is 0 Å². The highest BCUT2D eigenvalue weighted by Gasteiger charge is 1.76. The number of hydrogen-bond donors (Lipinski definition) is 0. The van der Waals surface area contributed by atoms with Crippen LogP contribution in [0.5, 0.6) is 0 Å². The first-order chi connectivity index (χ1) is 5.50. The lowest BCUT2D eigenvalue weighted by Crippen LogP contribution is -1.66. The first kappa shape index (κ1) is 8.06. The quantitative estimate of drug-likeness (QED) is 0.459. The summed E-state index contributed by atoms with van der Waals surface area (Å²) in [5.41, 5.74) is 0. The van der Waals surface area contributed by atoms with Gasteiger partial charge >= 0.3 is 0 Å². The van der Waals surface area contributed by atoms with Crippen LogP contribution in [0.2, 0.25) is 0 Å². The van der Waals surface area contributed by atoms with Gasteiger partial charge in [-0.2, -0.15) is 0 Å². The third-order valence-electron chi connectivity index (χ3n) is 1.53. The highest BCUT2D eigenvalue weighted by Crippen LogP contribution is 1.97. The Morgan fingerprint density at radius 3 is 1.00 bits per heavy atom. The monoisotopic (exact) mass is 146 g/mol. The molecule has 0 heterocycles. The summed E-state index contributed by atoms with van der Waals surface area (Å²) in [6.07, 6.45) is 20.5. The van der Waals surface area contributed by atoms with E-state index in [4.69, 9.17) is 0 Å². The zero-order valence-corrected chi connectivity index (χ0v) is 6.74. The molecule has 0 unspecified atom stereocenters. The van der Waals surface area contributed by atoms with Crippen LogP contribution in [0.25, 0.3) is 0 Å². The molecule has 0 aromatic carbocycles. The van der Waals surface area contributed by atoms with Crippen LogP contribution in [0.1, 0.15) is 19.3 Å². The van der Waals surface area contributed by atoms with Crippen LogP contribution in [-0.4, -0.2) is 0 Å². The van der Waals surface area contributed by atoms with Gasteiger partial charge in [-0.05, 0) is 19.3 Å².